The van der Waals surface area contributed by atoms with Crippen LogP contribution in [0, 0.1) is 0 Å². The number of amides is 1. The van der Waals surface area contributed by atoms with E-state index in [-0.39, 0.29) is 24.2 Å². The van der Waals surface area contributed by atoms with Gasteiger partial charge in [-0.1, -0.05) is 12.1 Å². The minimum atomic E-state index is -2.87. The number of carbonyl (C=O) groups excluding carboxylic acids is 1. The summed E-state index contributed by atoms with van der Waals surface area (Å²) in [5.74, 6) is -0.0700. The third-order valence-electron chi connectivity index (χ3n) is 3.67. The van der Waals surface area contributed by atoms with Crippen molar-refractivity contribution in [3.8, 4) is 5.75 Å². The van der Waals surface area contributed by atoms with E-state index in [0.29, 0.717) is 25.2 Å². The Morgan fingerprint density at radius 3 is 3.00 bits per heavy atom. The second kappa shape index (κ2) is 7.20. The van der Waals surface area contributed by atoms with Crippen LogP contribution in [0.5, 0.6) is 5.75 Å². The van der Waals surface area contributed by atoms with Gasteiger partial charge in [0, 0.05) is 19.1 Å². The Labute approximate surface area is 136 Å². The molecule has 3 rings (SSSR count). The molecule has 0 radical (unpaired) electrons. The summed E-state index contributed by atoms with van der Waals surface area (Å²) in [6.07, 6.45) is 2.07. The van der Waals surface area contributed by atoms with Crippen LogP contribution in [-0.4, -0.2) is 51.9 Å². The molecule has 1 N–H and O–H groups in total. The summed E-state index contributed by atoms with van der Waals surface area (Å²) in [6.45, 7) is -1.68. The Kier molecular flexibility index (Phi) is 4.82. The molecule has 1 amide bonds. The molecule has 1 aliphatic heterocycles. The van der Waals surface area contributed by atoms with Crippen LogP contribution in [0.1, 0.15) is 6.42 Å². The number of alkyl halides is 2. The SMILES string of the molecule is O=C(Cn1cnnn1)N[C@@H]1CCN(c2ccccc2OC(F)F)C1. The Bertz CT molecular complexity index is 682. The largest absolute Gasteiger partial charge is 0.433 e. The van der Waals surface area contributed by atoms with Crippen LogP contribution in [0.3, 0.4) is 0 Å². The highest BCUT2D eigenvalue weighted by Crippen LogP contribution is 2.31. The summed E-state index contributed by atoms with van der Waals surface area (Å²) < 4.78 is 30.9. The zero-order valence-corrected chi connectivity index (χ0v) is 12.7. The number of anilines is 1. The first-order valence-corrected chi connectivity index (χ1v) is 7.41. The maximum atomic E-state index is 12.5. The molecular formula is C14H16F2N6O2. The number of benzene rings is 1. The van der Waals surface area contributed by atoms with Crippen molar-refractivity contribution in [3.05, 3.63) is 30.6 Å². The molecule has 1 atom stereocenters. The third kappa shape index (κ3) is 3.94. The average molecular weight is 338 g/mol. The summed E-state index contributed by atoms with van der Waals surface area (Å²) in [6, 6.07) is 6.56. The fraction of sp³-hybridized carbons (Fsp3) is 0.429. The van der Waals surface area contributed by atoms with Crippen LogP contribution < -0.4 is 15.0 Å². The molecule has 24 heavy (non-hydrogen) atoms. The van der Waals surface area contributed by atoms with Crippen molar-refractivity contribution in [3.63, 3.8) is 0 Å². The van der Waals surface area contributed by atoms with Crippen LogP contribution >= 0.6 is 0 Å². The van der Waals surface area contributed by atoms with Crippen molar-refractivity contribution >= 4 is 11.6 Å². The predicted molar refractivity (Wildman–Crippen MR) is 79.7 cm³/mol. The number of rotatable bonds is 6. The lowest BCUT2D eigenvalue weighted by Crippen LogP contribution is -2.39. The van der Waals surface area contributed by atoms with Gasteiger partial charge in [0.1, 0.15) is 18.6 Å². The van der Waals surface area contributed by atoms with Crippen LogP contribution in [0.15, 0.2) is 30.6 Å². The first kappa shape index (κ1) is 16.1. The molecule has 0 bridgehead atoms. The summed E-state index contributed by atoms with van der Waals surface area (Å²) in [5.41, 5.74) is 0.593. The van der Waals surface area contributed by atoms with E-state index in [4.69, 9.17) is 0 Å². The fourth-order valence-corrected chi connectivity index (χ4v) is 2.68. The van der Waals surface area contributed by atoms with Crippen molar-refractivity contribution < 1.29 is 18.3 Å². The zero-order valence-electron chi connectivity index (χ0n) is 12.7. The van der Waals surface area contributed by atoms with Gasteiger partial charge in [0.2, 0.25) is 5.91 Å². The Morgan fingerprint density at radius 2 is 2.25 bits per heavy atom. The van der Waals surface area contributed by atoms with Gasteiger partial charge in [-0.2, -0.15) is 8.78 Å². The van der Waals surface area contributed by atoms with Gasteiger partial charge >= 0.3 is 6.61 Å². The van der Waals surface area contributed by atoms with Gasteiger partial charge in [0.15, 0.2) is 0 Å². The van der Waals surface area contributed by atoms with E-state index in [1.54, 1.807) is 18.2 Å². The third-order valence-corrected chi connectivity index (χ3v) is 3.67. The molecule has 0 unspecified atom stereocenters. The van der Waals surface area contributed by atoms with E-state index in [1.807, 2.05) is 4.90 Å². The second-order valence-corrected chi connectivity index (χ2v) is 5.35. The quantitative estimate of drug-likeness (QED) is 0.833. The predicted octanol–water partition coefficient (Wildman–Crippen LogP) is 0.670. The number of halogens is 2. The smallest absolute Gasteiger partial charge is 0.387 e. The molecule has 1 saturated heterocycles. The molecule has 128 valence electrons. The molecule has 1 aromatic carbocycles. The summed E-state index contributed by atoms with van der Waals surface area (Å²) in [7, 11) is 0. The van der Waals surface area contributed by atoms with Crippen molar-refractivity contribution in [2.75, 3.05) is 18.0 Å². The Hall–Kier alpha value is -2.78. The average Bonchev–Trinajstić information content (AvgIpc) is 3.19. The minimum absolute atomic E-state index is 0.0363. The van der Waals surface area contributed by atoms with Crippen molar-refractivity contribution in [2.45, 2.75) is 25.6 Å². The second-order valence-electron chi connectivity index (χ2n) is 5.35. The zero-order chi connectivity index (χ0) is 16.9. The highest BCUT2D eigenvalue weighted by Gasteiger charge is 2.26. The van der Waals surface area contributed by atoms with Gasteiger partial charge in [-0.25, -0.2) is 4.68 Å². The van der Waals surface area contributed by atoms with Crippen molar-refractivity contribution in [2.24, 2.45) is 0 Å². The summed E-state index contributed by atoms with van der Waals surface area (Å²) in [4.78, 5) is 13.9. The van der Waals surface area contributed by atoms with E-state index < -0.39 is 6.61 Å². The lowest BCUT2D eigenvalue weighted by molar-refractivity contribution is -0.122. The van der Waals surface area contributed by atoms with E-state index >= 15 is 0 Å². The van der Waals surface area contributed by atoms with Gasteiger partial charge in [0.05, 0.1) is 5.69 Å². The number of aromatic nitrogens is 4. The van der Waals surface area contributed by atoms with Gasteiger partial charge in [-0.15, -0.1) is 5.10 Å². The van der Waals surface area contributed by atoms with Crippen molar-refractivity contribution in [1.82, 2.24) is 25.5 Å². The number of nitrogens with zero attached hydrogens (tertiary/aromatic N) is 5. The normalized spacial score (nSPS) is 17.3. The first-order valence-electron chi connectivity index (χ1n) is 7.41. The van der Waals surface area contributed by atoms with E-state index in [1.165, 1.54) is 17.1 Å². The molecular weight excluding hydrogens is 322 g/mol. The molecule has 0 saturated carbocycles. The van der Waals surface area contributed by atoms with E-state index in [2.05, 4.69) is 25.6 Å². The molecule has 2 heterocycles. The Morgan fingerprint density at radius 1 is 1.42 bits per heavy atom. The van der Waals surface area contributed by atoms with Crippen LogP contribution in [-0.2, 0) is 11.3 Å². The monoisotopic (exact) mass is 338 g/mol. The minimum Gasteiger partial charge on any atom is -0.433 e. The molecule has 1 fully saturated rings. The standard InChI is InChI=1S/C14H16F2N6O2/c15-14(16)24-12-4-2-1-3-11(12)21-6-5-10(7-21)18-13(23)8-22-9-17-19-20-22/h1-4,9-10,14H,5-8H2,(H,18,23)/t10-/m1/s1. The number of ether oxygens (including phenoxy) is 1. The van der Waals surface area contributed by atoms with Crippen LogP contribution in [0.2, 0.25) is 0 Å². The van der Waals surface area contributed by atoms with Crippen LogP contribution in [0.25, 0.3) is 0 Å². The van der Waals surface area contributed by atoms with Gasteiger partial charge in [-0.3, -0.25) is 4.79 Å². The summed E-state index contributed by atoms with van der Waals surface area (Å²) in [5, 5.41) is 13.4. The number of tetrazole rings is 1. The molecule has 0 spiro atoms. The molecule has 0 aliphatic carbocycles. The van der Waals surface area contributed by atoms with Gasteiger partial charge < -0.3 is 15.0 Å². The topological polar surface area (TPSA) is 85.2 Å². The number of para-hydroxylation sites is 2. The lowest BCUT2D eigenvalue weighted by Gasteiger charge is -2.22. The van der Waals surface area contributed by atoms with Crippen molar-refractivity contribution in [1.29, 1.82) is 0 Å². The van der Waals surface area contributed by atoms with Crippen LogP contribution in [0.4, 0.5) is 14.5 Å². The van der Waals surface area contributed by atoms with E-state index in [9.17, 15) is 13.6 Å². The maximum Gasteiger partial charge on any atom is 0.387 e. The van der Waals surface area contributed by atoms with Gasteiger partial charge in [0.25, 0.3) is 0 Å². The number of hydrogen-bond acceptors (Lipinski definition) is 6. The maximum absolute atomic E-state index is 12.5. The van der Waals surface area contributed by atoms with Gasteiger partial charge in [-0.05, 0) is 29.0 Å². The highest BCUT2D eigenvalue weighted by molar-refractivity contribution is 5.76. The molecule has 8 nitrogen and oxygen atoms in total. The molecule has 1 aromatic heterocycles. The molecule has 10 heteroatoms. The summed E-state index contributed by atoms with van der Waals surface area (Å²) >= 11 is 0. The number of carbonyl (C=O) groups is 1. The highest BCUT2D eigenvalue weighted by atomic mass is 19.3. The number of nitrogens with one attached hydrogen (secondary N) is 1. The lowest BCUT2D eigenvalue weighted by atomic mass is 10.2. The molecule has 2 aromatic rings. The number of hydrogen-bond donors (Lipinski definition) is 1. The van der Waals surface area contributed by atoms with E-state index in [0.717, 1.165) is 0 Å². The molecule has 1 aliphatic rings. The fourth-order valence-electron chi connectivity index (χ4n) is 2.68. The Balaban J connectivity index is 1.58. The first-order chi connectivity index (χ1) is 11.6.